The van der Waals surface area contributed by atoms with Crippen molar-refractivity contribution in [1.29, 1.82) is 0 Å². The highest BCUT2D eigenvalue weighted by Gasteiger charge is 2.18. The van der Waals surface area contributed by atoms with Crippen molar-refractivity contribution in [2.24, 2.45) is 0 Å². The number of halogens is 3. The number of piperidine rings is 1. The molecule has 16 heavy (non-hydrogen) atoms. The Hall–Kier alpha value is -1.03. The average Bonchev–Trinajstić information content (AvgIpc) is 2.29. The summed E-state index contributed by atoms with van der Waals surface area (Å²) < 4.78 is 38.0. The minimum Gasteiger partial charge on any atom is -0.310 e. The average molecular weight is 229 g/mol. The van der Waals surface area contributed by atoms with Crippen LogP contribution in [0.3, 0.4) is 0 Å². The molecule has 1 fully saturated rings. The highest BCUT2D eigenvalue weighted by Crippen LogP contribution is 2.27. The van der Waals surface area contributed by atoms with Crippen LogP contribution in [-0.2, 0) is 0 Å². The van der Waals surface area contributed by atoms with Crippen LogP contribution in [0.15, 0.2) is 18.2 Å². The first-order chi connectivity index (χ1) is 7.68. The van der Waals surface area contributed by atoms with Crippen LogP contribution in [0.25, 0.3) is 0 Å². The summed E-state index contributed by atoms with van der Waals surface area (Å²) in [6.45, 7) is 0.906. The monoisotopic (exact) mass is 229 g/mol. The normalized spacial score (nSPS) is 21.4. The van der Waals surface area contributed by atoms with Gasteiger partial charge in [-0.25, -0.2) is 13.2 Å². The largest absolute Gasteiger partial charge is 0.310 e. The van der Waals surface area contributed by atoms with E-state index < -0.39 is 17.8 Å². The van der Waals surface area contributed by atoms with Gasteiger partial charge in [0.05, 0.1) is 5.56 Å². The predicted octanol–water partition coefficient (Wildman–Crippen LogP) is 3.58. The second kappa shape index (κ2) is 4.87. The Bertz CT molecular complexity index is 359. The van der Waals surface area contributed by atoms with Gasteiger partial charge in [-0.1, -0.05) is 18.6 Å². The van der Waals surface area contributed by atoms with Gasteiger partial charge in [0.2, 0.25) is 0 Å². The lowest BCUT2D eigenvalue weighted by Crippen LogP contribution is -2.26. The van der Waals surface area contributed by atoms with E-state index in [1.54, 1.807) is 6.07 Å². The fraction of sp³-hybridized carbons (Fsp3) is 0.500. The SMILES string of the molecule is Fc1cc([C@@H]2CCCCN2)ccc1C(F)F. The van der Waals surface area contributed by atoms with E-state index in [4.69, 9.17) is 0 Å². The molecule has 1 aromatic carbocycles. The number of nitrogens with one attached hydrogen (secondary N) is 1. The summed E-state index contributed by atoms with van der Waals surface area (Å²) in [5, 5.41) is 3.26. The summed E-state index contributed by atoms with van der Waals surface area (Å²) in [4.78, 5) is 0. The molecule has 0 radical (unpaired) electrons. The lowest BCUT2D eigenvalue weighted by Gasteiger charge is -2.24. The lowest BCUT2D eigenvalue weighted by atomic mass is 9.96. The van der Waals surface area contributed by atoms with Gasteiger partial charge in [0, 0.05) is 6.04 Å². The van der Waals surface area contributed by atoms with E-state index >= 15 is 0 Å². The minimum atomic E-state index is -2.74. The maximum Gasteiger partial charge on any atom is 0.266 e. The predicted molar refractivity (Wildman–Crippen MR) is 56.0 cm³/mol. The quantitative estimate of drug-likeness (QED) is 0.817. The van der Waals surface area contributed by atoms with E-state index in [9.17, 15) is 13.2 Å². The molecule has 1 saturated heterocycles. The molecule has 0 unspecified atom stereocenters. The van der Waals surface area contributed by atoms with Crippen LogP contribution in [-0.4, -0.2) is 6.54 Å². The topological polar surface area (TPSA) is 12.0 Å². The molecule has 0 amide bonds. The van der Waals surface area contributed by atoms with Crippen LogP contribution >= 0.6 is 0 Å². The van der Waals surface area contributed by atoms with Crippen LogP contribution < -0.4 is 5.32 Å². The van der Waals surface area contributed by atoms with Gasteiger partial charge in [-0.05, 0) is 31.0 Å². The van der Waals surface area contributed by atoms with Gasteiger partial charge in [0.25, 0.3) is 6.43 Å². The van der Waals surface area contributed by atoms with Crippen LogP contribution in [0.5, 0.6) is 0 Å². The molecule has 1 nitrogen and oxygen atoms in total. The Morgan fingerprint density at radius 2 is 2.06 bits per heavy atom. The van der Waals surface area contributed by atoms with Crippen molar-refractivity contribution in [3.63, 3.8) is 0 Å². The molecule has 1 aromatic rings. The zero-order valence-corrected chi connectivity index (χ0v) is 8.85. The van der Waals surface area contributed by atoms with Gasteiger partial charge in [0.15, 0.2) is 0 Å². The van der Waals surface area contributed by atoms with E-state index in [0.29, 0.717) is 0 Å². The highest BCUT2D eigenvalue weighted by molar-refractivity contribution is 5.27. The number of benzene rings is 1. The summed E-state index contributed by atoms with van der Waals surface area (Å²) in [6.07, 6.45) is 0.408. The summed E-state index contributed by atoms with van der Waals surface area (Å²) in [5.41, 5.74) is 0.251. The Morgan fingerprint density at radius 3 is 2.62 bits per heavy atom. The number of alkyl halides is 2. The molecular weight excluding hydrogens is 215 g/mol. The Balaban J connectivity index is 2.19. The van der Waals surface area contributed by atoms with Crippen LogP contribution in [0.2, 0.25) is 0 Å². The molecule has 0 bridgehead atoms. The third-order valence-corrected chi connectivity index (χ3v) is 2.97. The first-order valence-electron chi connectivity index (χ1n) is 5.49. The lowest BCUT2D eigenvalue weighted by molar-refractivity contribution is 0.146. The van der Waals surface area contributed by atoms with Crippen molar-refractivity contribution < 1.29 is 13.2 Å². The van der Waals surface area contributed by atoms with Crippen LogP contribution in [0, 0.1) is 5.82 Å². The van der Waals surface area contributed by atoms with Crippen molar-refractivity contribution in [1.82, 2.24) is 5.32 Å². The second-order valence-electron chi connectivity index (χ2n) is 4.08. The van der Waals surface area contributed by atoms with Crippen LogP contribution in [0.1, 0.15) is 42.9 Å². The van der Waals surface area contributed by atoms with Gasteiger partial charge in [-0.3, -0.25) is 0 Å². The number of hydrogen-bond donors (Lipinski definition) is 1. The molecular formula is C12H14F3N. The first kappa shape index (κ1) is 11.5. The number of rotatable bonds is 2. The molecule has 4 heteroatoms. The van der Waals surface area contributed by atoms with E-state index in [2.05, 4.69) is 5.32 Å². The smallest absolute Gasteiger partial charge is 0.266 e. The summed E-state index contributed by atoms with van der Waals surface area (Å²) in [7, 11) is 0. The molecule has 0 saturated carbocycles. The van der Waals surface area contributed by atoms with E-state index in [-0.39, 0.29) is 6.04 Å². The molecule has 1 aliphatic rings. The third-order valence-electron chi connectivity index (χ3n) is 2.97. The minimum absolute atomic E-state index is 0.106. The summed E-state index contributed by atoms with van der Waals surface area (Å²) in [6, 6.07) is 4.11. The van der Waals surface area contributed by atoms with E-state index in [1.165, 1.54) is 12.1 Å². The van der Waals surface area contributed by atoms with Gasteiger partial charge < -0.3 is 5.32 Å². The molecule has 2 rings (SSSR count). The van der Waals surface area contributed by atoms with Crippen molar-refractivity contribution in [2.45, 2.75) is 31.7 Å². The Kier molecular flexibility index (Phi) is 3.49. The Morgan fingerprint density at radius 1 is 1.25 bits per heavy atom. The zero-order valence-electron chi connectivity index (χ0n) is 8.85. The molecule has 0 aliphatic carbocycles. The van der Waals surface area contributed by atoms with Gasteiger partial charge in [0.1, 0.15) is 5.82 Å². The van der Waals surface area contributed by atoms with E-state index in [0.717, 1.165) is 31.4 Å². The molecule has 1 heterocycles. The molecule has 1 N–H and O–H groups in total. The third kappa shape index (κ3) is 2.38. The van der Waals surface area contributed by atoms with Crippen molar-refractivity contribution in [3.05, 3.63) is 35.1 Å². The molecule has 1 aliphatic heterocycles. The maximum atomic E-state index is 13.3. The van der Waals surface area contributed by atoms with Crippen molar-refractivity contribution >= 4 is 0 Å². The summed E-state index contributed by atoms with van der Waals surface area (Å²) in [5.74, 6) is -0.806. The fourth-order valence-corrected chi connectivity index (χ4v) is 2.07. The summed E-state index contributed by atoms with van der Waals surface area (Å²) >= 11 is 0. The highest BCUT2D eigenvalue weighted by atomic mass is 19.3. The molecule has 0 spiro atoms. The standard InChI is InChI=1S/C12H14F3N/c13-10-7-8(4-5-9(10)12(14)15)11-3-1-2-6-16-11/h4-5,7,11-12,16H,1-3,6H2/t11-/m0/s1. The fourth-order valence-electron chi connectivity index (χ4n) is 2.07. The Labute approximate surface area is 92.7 Å². The van der Waals surface area contributed by atoms with Gasteiger partial charge in [-0.2, -0.15) is 0 Å². The van der Waals surface area contributed by atoms with E-state index in [1.807, 2.05) is 0 Å². The zero-order chi connectivity index (χ0) is 11.5. The van der Waals surface area contributed by atoms with Gasteiger partial charge >= 0.3 is 0 Å². The number of hydrogen-bond acceptors (Lipinski definition) is 1. The molecule has 88 valence electrons. The van der Waals surface area contributed by atoms with Crippen molar-refractivity contribution in [3.8, 4) is 0 Å². The maximum absolute atomic E-state index is 13.3. The molecule has 0 aromatic heterocycles. The van der Waals surface area contributed by atoms with Gasteiger partial charge in [-0.15, -0.1) is 0 Å². The van der Waals surface area contributed by atoms with Crippen molar-refractivity contribution in [2.75, 3.05) is 6.54 Å². The first-order valence-corrected chi connectivity index (χ1v) is 5.49. The van der Waals surface area contributed by atoms with Crippen LogP contribution in [0.4, 0.5) is 13.2 Å². The molecule has 1 atom stereocenters. The second-order valence-corrected chi connectivity index (χ2v) is 4.08.